The molecule has 0 fully saturated rings. The predicted octanol–water partition coefficient (Wildman–Crippen LogP) is 3.75. The van der Waals surface area contributed by atoms with E-state index < -0.39 is 5.83 Å². The van der Waals surface area contributed by atoms with E-state index in [1.165, 1.54) is 11.3 Å². The summed E-state index contributed by atoms with van der Waals surface area (Å²) in [4.78, 5) is 12.9. The lowest BCUT2D eigenvalue weighted by Gasteiger charge is -2.35. The Morgan fingerprint density at radius 2 is 2.16 bits per heavy atom. The van der Waals surface area contributed by atoms with E-state index in [1.807, 2.05) is 18.2 Å². The summed E-state index contributed by atoms with van der Waals surface area (Å²) in [5, 5.41) is 0. The van der Waals surface area contributed by atoms with Crippen LogP contribution in [0.4, 0.5) is 10.1 Å². The molecule has 1 aromatic rings. The van der Waals surface area contributed by atoms with Crippen molar-refractivity contribution in [2.75, 3.05) is 11.4 Å². The molecule has 0 radical (unpaired) electrons. The molecular weight excluding hydrogens is 241 g/mol. The molecule has 0 spiro atoms. The lowest BCUT2D eigenvalue weighted by atomic mass is 9.95. The molecule has 0 saturated heterocycles. The zero-order valence-electron chi connectivity index (χ0n) is 11.7. The fourth-order valence-corrected chi connectivity index (χ4v) is 2.62. The first-order valence-electron chi connectivity index (χ1n) is 6.76. The first kappa shape index (κ1) is 13.8. The molecule has 2 rings (SSSR count). The number of fused-ring (bicyclic) bond motifs is 1. The number of carbonyl (C=O) groups excluding carboxylic acids is 1. The Kier molecular flexibility index (Phi) is 4.03. The van der Waals surface area contributed by atoms with Gasteiger partial charge in [0.25, 0.3) is 0 Å². The molecule has 0 saturated carbocycles. The first-order valence-corrected chi connectivity index (χ1v) is 6.76. The lowest BCUT2D eigenvalue weighted by molar-refractivity contribution is -0.106. The molecule has 0 atom stereocenters. The van der Waals surface area contributed by atoms with Crippen LogP contribution in [-0.2, 0) is 11.2 Å². The minimum atomic E-state index is -0.684. The van der Waals surface area contributed by atoms with Crippen LogP contribution in [0.25, 0.3) is 5.57 Å². The molecule has 0 N–H and O–H groups in total. The second-order valence-electron chi connectivity index (χ2n) is 5.32. The summed E-state index contributed by atoms with van der Waals surface area (Å²) in [6.07, 6.45) is 2.41. The van der Waals surface area contributed by atoms with Gasteiger partial charge in [-0.05, 0) is 62.4 Å². The van der Waals surface area contributed by atoms with Crippen molar-refractivity contribution in [3.8, 4) is 0 Å². The van der Waals surface area contributed by atoms with Gasteiger partial charge in [-0.2, -0.15) is 0 Å². The van der Waals surface area contributed by atoms with E-state index in [2.05, 4.69) is 18.7 Å². The second-order valence-corrected chi connectivity index (χ2v) is 5.32. The number of hydrogen-bond acceptors (Lipinski definition) is 2. The average molecular weight is 261 g/mol. The molecule has 0 aromatic heterocycles. The maximum Gasteiger partial charge on any atom is 0.178 e. The molecular formula is C16H20FNO. The zero-order chi connectivity index (χ0) is 14.0. The number of aryl methyl sites for hydroxylation is 1. The number of anilines is 1. The zero-order valence-corrected chi connectivity index (χ0v) is 11.7. The fraction of sp³-hybridized carbons (Fsp3) is 0.438. The Balaban J connectivity index is 2.42. The highest BCUT2D eigenvalue weighted by Crippen LogP contribution is 2.31. The van der Waals surface area contributed by atoms with Crippen LogP contribution in [0.2, 0.25) is 0 Å². The molecule has 0 unspecified atom stereocenters. The Bertz CT molecular complexity index is 519. The van der Waals surface area contributed by atoms with Crippen molar-refractivity contribution in [2.24, 2.45) is 0 Å². The summed E-state index contributed by atoms with van der Waals surface area (Å²) in [5.74, 6) is -0.684. The molecule has 3 heteroatoms. The molecule has 1 heterocycles. The number of allylic oxidation sites excluding steroid dienone is 2. The van der Waals surface area contributed by atoms with Crippen LogP contribution in [0.15, 0.2) is 24.0 Å². The van der Waals surface area contributed by atoms with E-state index >= 15 is 0 Å². The number of hydrogen-bond donors (Lipinski definition) is 0. The van der Waals surface area contributed by atoms with Gasteiger partial charge in [-0.1, -0.05) is 6.07 Å². The molecule has 19 heavy (non-hydrogen) atoms. The number of rotatable bonds is 3. The summed E-state index contributed by atoms with van der Waals surface area (Å²) in [6, 6.07) is 6.43. The largest absolute Gasteiger partial charge is 0.369 e. The van der Waals surface area contributed by atoms with Gasteiger partial charge in [-0.3, -0.25) is 4.79 Å². The van der Waals surface area contributed by atoms with E-state index in [9.17, 15) is 9.18 Å². The first-order chi connectivity index (χ1) is 9.04. The SMILES string of the molecule is C/C(=C(/F)C=O)c1ccc2c(c1)CCCN2C(C)C. The van der Waals surface area contributed by atoms with Gasteiger partial charge in [0, 0.05) is 18.3 Å². The van der Waals surface area contributed by atoms with Gasteiger partial charge in [0.05, 0.1) is 0 Å². The van der Waals surface area contributed by atoms with Crippen molar-refractivity contribution in [3.63, 3.8) is 0 Å². The van der Waals surface area contributed by atoms with Crippen LogP contribution >= 0.6 is 0 Å². The number of carbonyl (C=O) groups is 1. The molecule has 1 aromatic carbocycles. The number of benzene rings is 1. The molecule has 0 bridgehead atoms. The number of halogens is 1. The average Bonchev–Trinajstić information content (AvgIpc) is 2.44. The number of nitrogens with zero attached hydrogens (tertiary/aromatic N) is 1. The van der Waals surface area contributed by atoms with Crippen molar-refractivity contribution in [2.45, 2.75) is 39.7 Å². The van der Waals surface area contributed by atoms with Gasteiger partial charge < -0.3 is 4.90 Å². The van der Waals surface area contributed by atoms with Gasteiger partial charge in [0.1, 0.15) is 0 Å². The van der Waals surface area contributed by atoms with Crippen molar-refractivity contribution < 1.29 is 9.18 Å². The van der Waals surface area contributed by atoms with E-state index in [4.69, 9.17) is 0 Å². The van der Waals surface area contributed by atoms with Gasteiger partial charge in [0.15, 0.2) is 12.1 Å². The Morgan fingerprint density at radius 3 is 2.79 bits per heavy atom. The smallest absolute Gasteiger partial charge is 0.178 e. The van der Waals surface area contributed by atoms with E-state index in [1.54, 1.807) is 6.92 Å². The van der Waals surface area contributed by atoms with Crippen molar-refractivity contribution >= 4 is 17.5 Å². The lowest BCUT2D eigenvalue weighted by Crippen LogP contribution is -2.35. The minimum Gasteiger partial charge on any atom is -0.369 e. The van der Waals surface area contributed by atoms with Crippen LogP contribution < -0.4 is 4.90 Å². The highest BCUT2D eigenvalue weighted by molar-refractivity contribution is 5.85. The second kappa shape index (κ2) is 5.55. The maximum atomic E-state index is 13.3. The number of aldehydes is 1. The monoisotopic (exact) mass is 261 g/mol. The normalized spacial score (nSPS) is 16.2. The van der Waals surface area contributed by atoms with E-state index in [0.29, 0.717) is 11.6 Å². The highest BCUT2D eigenvalue weighted by Gasteiger charge is 2.19. The summed E-state index contributed by atoms with van der Waals surface area (Å²) in [7, 11) is 0. The molecule has 102 valence electrons. The van der Waals surface area contributed by atoms with Crippen LogP contribution in [-0.4, -0.2) is 18.9 Å². The van der Waals surface area contributed by atoms with Gasteiger partial charge in [-0.15, -0.1) is 0 Å². The Hall–Kier alpha value is -1.64. The minimum absolute atomic E-state index is 0.273. The van der Waals surface area contributed by atoms with Crippen LogP contribution in [0.3, 0.4) is 0 Å². The van der Waals surface area contributed by atoms with E-state index in [0.717, 1.165) is 24.9 Å². The topological polar surface area (TPSA) is 20.3 Å². The maximum absolute atomic E-state index is 13.3. The third kappa shape index (κ3) is 2.70. The molecule has 0 amide bonds. The highest BCUT2D eigenvalue weighted by atomic mass is 19.1. The standard InChI is InChI=1S/C16H20FNO/c1-11(2)18-8-4-5-14-9-13(6-7-16(14)18)12(3)15(17)10-19/h6-7,9-11H,4-5,8H2,1-3H3/b15-12-. The van der Waals surface area contributed by atoms with Crippen LogP contribution in [0.1, 0.15) is 38.3 Å². The van der Waals surface area contributed by atoms with Gasteiger partial charge in [-0.25, -0.2) is 4.39 Å². The molecule has 1 aliphatic heterocycles. The van der Waals surface area contributed by atoms with Gasteiger partial charge in [0.2, 0.25) is 0 Å². The van der Waals surface area contributed by atoms with Crippen molar-refractivity contribution in [3.05, 3.63) is 35.2 Å². The fourth-order valence-electron chi connectivity index (χ4n) is 2.62. The third-order valence-electron chi connectivity index (χ3n) is 3.75. The van der Waals surface area contributed by atoms with Crippen LogP contribution in [0.5, 0.6) is 0 Å². The summed E-state index contributed by atoms with van der Waals surface area (Å²) < 4.78 is 13.3. The Morgan fingerprint density at radius 1 is 1.42 bits per heavy atom. The summed E-state index contributed by atoms with van der Waals surface area (Å²) in [6.45, 7) is 7.08. The quantitative estimate of drug-likeness (QED) is 0.610. The van der Waals surface area contributed by atoms with Gasteiger partial charge >= 0.3 is 0 Å². The summed E-state index contributed by atoms with van der Waals surface area (Å²) in [5.41, 5.74) is 3.70. The molecule has 1 aliphatic rings. The van der Waals surface area contributed by atoms with Crippen molar-refractivity contribution in [1.82, 2.24) is 0 Å². The molecule has 2 nitrogen and oxygen atoms in total. The molecule has 0 aliphatic carbocycles. The third-order valence-corrected chi connectivity index (χ3v) is 3.75. The van der Waals surface area contributed by atoms with E-state index in [-0.39, 0.29) is 6.29 Å². The predicted molar refractivity (Wildman–Crippen MR) is 77.0 cm³/mol. The Labute approximate surface area is 113 Å². The summed E-state index contributed by atoms with van der Waals surface area (Å²) >= 11 is 0. The van der Waals surface area contributed by atoms with Crippen molar-refractivity contribution in [1.29, 1.82) is 0 Å². The van der Waals surface area contributed by atoms with Crippen LogP contribution in [0, 0.1) is 0 Å².